The molecule has 2 rings (SSSR count). The fourth-order valence-corrected chi connectivity index (χ4v) is 2.48. The van der Waals surface area contributed by atoms with Gasteiger partial charge in [0, 0.05) is 37.4 Å². The van der Waals surface area contributed by atoms with E-state index in [9.17, 15) is 0 Å². The first kappa shape index (κ1) is 13.3. The molecule has 0 bridgehead atoms. The van der Waals surface area contributed by atoms with Crippen molar-refractivity contribution in [2.24, 2.45) is 5.73 Å². The summed E-state index contributed by atoms with van der Waals surface area (Å²) in [4.78, 5) is 9.28. The van der Waals surface area contributed by atoms with Crippen molar-refractivity contribution in [1.29, 1.82) is 0 Å². The van der Waals surface area contributed by atoms with Gasteiger partial charge in [-0.15, -0.1) is 0 Å². The number of nitrogens with two attached hydrogens (primary N) is 1. The third-order valence-corrected chi connectivity index (χ3v) is 3.98. The van der Waals surface area contributed by atoms with E-state index >= 15 is 0 Å². The van der Waals surface area contributed by atoms with E-state index < -0.39 is 0 Å². The van der Waals surface area contributed by atoms with Crippen LogP contribution in [0.1, 0.15) is 32.4 Å². The summed E-state index contributed by atoms with van der Waals surface area (Å²) in [6.07, 6.45) is 1.86. The van der Waals surface area contributed by atoms with Crippen LogP contribution in [0.5, 0.6) is 0 Å². The third-order valence-electron chi connectivity index (χ3n) is 3.98. The average molecular weight is 248 g/mol. The molecule has 4 heteroatoms. The van der Waals surface area contributed by atoms with E-state index in [1.54, 1.807) is 0 Å². The smallest absolute Gasteiger partial charge is 0.128 e. The molecule has 0 radical (unpaired) electrons. The van der Waals surface area contributed by atoms with Crippen molar-refractivity contribution in [2.75, 3.05) is 25.0 Å². The van der Waals surface area contributed by atoms with Gasteiger partial charge in [0.15, 0.2) is 0 Å². The molecule has 0 aromatic carbocycles. The minimum atomic E-state index is 0.0639. The van der Waals surface area contributed by atoms with E-state index in [-0.39, 0.29) is 6.04 Å². The average Bonchev–Trinajstić information content (AvgIpc) is 2.35. The number of nitrogens with zero attached hydrogens (tertiary/aromatic N) is 3. The Morgan fingerprint density at radius 1 is 1.33 bits per heavy atom. The molecule has 1 aromatic heterocycles. The standard InChI is InChI=1S/C14H24N4/c1-10-8-18(9-11(2)17(10)4)14-7-13(12(3)15)5-6-16-14/h5-7,10-12H,8-9,15H2,1-4H3/t10?,11?,12-/m1/s1. The Morgan fingerprint density at radius 3 is 2.50 bits per heavy atom. The molecule has 2 heterocycles. The molecule has 2 unspecified atom stereocenters. The fourth-order valence-electron chi connectivity index (χ4n) is 2.48. The van der Waals surface area contributed by atoms with Crippen LogP contribution in [0.3, 0.4) is 0 Å². The second-order valence-electron chi connectivity index (χ2n) is 5.50. The topological polar surface area (TPSA) is 45.4 Å². The lowest BCUT2D eigenvalue weighted by Gasteiger charge is -2.43. The van der Waals surface area contributed by atoms with Gasteiger partial charge in [-0.3, -0.25) is 4.90 Å². The van der Waals surface area contributed by atoms with Gasteiger partial charge in [-0.2, -0.15) is 0 Å². The number of pyridine rings is 1. The summed E-state index contributed by atoms with van der Waals surface area (Å²) in [7, 11) is 2.19. The van der Waals surface area contributed by atoms with Crippen LogP contribution in [0.4, 0.5) is 5.82 Å². The number of likely N-dealkylation sites (N-methyl/N-ethyl adjacent to an activating group) is 1. The molecular formula is C14H24N4. The molecule has 0 amide bonds. The molecular weight excluding hydrogens is 224 g/mol. The van der Waals surface area contributed by atoms with Crippen molar-refractivity contribution in [3.63, 3.8) is 0 Å². The van der Waals surface area contributed by atoms with E-state index in [2.05, 4.69) is 41.7 Å². The predicted octanol–water partition coefficient (Wildman–Crippen LogP) is 1.63. The number of hydrogen-bond acceptors (Lipinski definition) is 4. The lowest BCUT2D eigenvalue weighted by atomic mass is 10.1. The molecule has 0 aliphatic carbocycles. The Kier molecular flexibility index (Phi) is 3.88. The molecule has 100 valence electrons. The van der Waals surface area contributed by atoms with Gasteiger partial charge in [-0.05, 0) is 45.5 Å². The highest BCUT2D eigenvalue weighted by Gasteiger charge is 2.27. The van der Waals surface area contributed by atoms with Gasteiger partial charge in [-0.1, -0.05) is 0 Å². The van der Waals surface area contributed by atoms with Crippen molar-refractivity contribution in [1.82, 2.24) is 9.88 Å². The first-order valence-corrected chi connectivity index (χ1v) is 6.67. The summed E-state index contributed by atoms with van der Waals surface area (Å²) in [5, 5.41) is 0. The number of anilines is 1. The van der Waals surface area contributed by atoms with Gasteiger partial charge in [0.25, 0.3) is 0 Å². The SMILES string of the molecule is CC1CN(c2cc([C@@H](C)N)ccn2)CC(C)N1C. The molecule has 1 fully saturated rings. The molecule has 2 N–H and O–H groups in total. The van der Waals surface area contributed by atoms with Gasteiger partial charge < -0.3 is 10.6 Å². The monoisotopic (exact) mass is 248 g/mol. The van der Waals surface area contributed by atoms with Crippen LogP contribution in [-0.4, -0.2) is 42.1 Å². The lowest BCUT2D eigenvalue weighted by Crippen LogP contribution is -2.55. The maximum Gasteiger partial charge on any atom is 0.128 e. The molecule has 3 atom stereocenters. The predicted molar refractivity (Wildman–Crippen MR) is 75.7 cm³/mol. The summed E-state index contributed by atoms with van der Waals surface area (Å²) in [6, 6.07) is 5.28. The summed E-state index contributed by atoms with van der Waals surface area (Å²) in [6.45, 7) is 8.58. The molecule has 1 aliphatic heterocycles. The number of hydrogen-bond donors (Lipinski definition) is 1. The Hall–Kier alpha value is -1.13. The minimum Gasteiger partial charge on any atom is -0.353 e. The van der Waals surface area contributed by atoms with E-state index in [1.807, 2.05) is 19.2 Å². The Morgan fingerprint density at radius 2 is 1.94 bits per heavy atom. The van der Waals surface area contributed by atoms with Crippen molar-refractivity contribution < 1.29 is 0 Å². The first-order valence-electron chi connectivity index (χ1n) is 6.67. The zero-order chi connectivity index (χ0) is 13.3. The second kappa shape index (κ2) is 5.24. The quantitative estimate of drug-likeness (QED) is 0.864. The van der Waals surface area contributed by atoms with E-state index in [1.165, 1.54) is 0 Å². The van der Waals surface area contributed by atoms with Gasteiger partial charge >= 0.3 is 0 Å². The molecule has 1 aliphatic rings. The highest BCUT2D eigenvalue weighted by atomic mass is 15.3. The maximum atomic E-state index is 5.93. The number of aromatic nitrogens is 1. The molecule has 1 saturated heterocycles. The van der Waals surface area contributed by atoms with Crippen LogP contribution in [-0.2, 0) is 0 Å². The summed E-state index contributed by atoms with van der Waals surface area (Å²) in [5.41, 5.74) is 7.09. The van der Waals surface area contributed by atoms with Crippen molar-refractivity contribution >= 4 is 5.82 Å². The lowest BCUT2D eigenvalue weighted by molar-refractivity contribution is 0.169. The summed E-state index contributed by atoms with van der Waals surface area (Å²) < 4.78 is 0. The maximum absolute atomic E-state index is 5.93. The van der Waals surface area contributed by atoms with Crippen LogP contribution in [0, 0.1) is 0 Å². The van der Waals surface area contributed by atoms with Crippen LogP contribution >= 0.6 is 0 Å². The van der Waals surface area contributed by atoms with E-state index in [0.29, 0.717) is 12.1 Å². The van der Waals surface area contributed by atoms with Crippen molar-refractivity contribution in [2.45, 2.75) is 38.9 Å². The van der Waals surface area contributed by atoms with Gasteiger partial charge in [0.1, 0.15) is 5.82 Å². The Bertz CT molecular complexity index is 393. The highest BCUT2D eigenvalue weighted by molar-refractivity contribution is 5.42. The second-order valence-corrected chi connectivity index (χ2v) is 5.50. The molecule has 4 nitrogen and oxygen atoms in total. The normalized spacial score (nSPS) is 27.3. The largest absolute Gasteiger partial charge is 0.353 e. The molecule has 18 heavy (non-hydrogen) atoms. The summed E-state index contributed by atoms with van der Waals surface area (Å²) in [5.74, 6) is 1.05. The van der Waals surface area contributed by atoms with Gasteiger partial charge in [0.2, 0.25) is 0 Å². The number of piperazine rings is 1. The van der Waals surface area contributed by atoms with Crippen LogP contribution < -0.4 is 10.6 Å². The molecule has 0 spiro atoms. The zero-order valence-corrected chi connectivity index (χ0v) is 11.8. The fraction of sp³-hybridized carbons (Fsp3) is 0.643. The molecule has 0 saturated carbocycles. The third kappa shape index (κ3) is 2.65. The van der Waals surface area contributed by atoms with Crippen molar-refractivity contribution in [3.05, 3.63) is 23.9 Å². The van der Waals surface area contributed by atoms with Crippen LogP contribution in [0.25, 0.3) is 0 Å². The Balaban J connectivity index is 2.19. The number of rotatable bonds is 2. The minimum absolute atomic E-state index is 0.0639. The van der Waals surface area contributed by atoms with Gasteiger partial charge in [-0.25, -0.2) is 4.98 Å². The zero-order valence-electron chi connectivity index (χ0n) is 11.8. The highest BCUT2D eigenvalue weighted by Crippen LogP contribution is 2.21. The van der Waals surface area contributed by atoms with Crippen molar-refractivity contribution in [3.8, 4) is 0 Å². The van der Waals surface area contributed by atoms with Crippen LogP contribution in [0.2, 0.25) is 0 Å². The first-order chi connectivity index (χ1) is 8.49. The Labute approximate surface area is 110 Å². The van der Waals surface area contributed by atoms with Gasteiger partial charge in [0.05, 0.1) is 0 Å². The molecule has 1 aromatic rings. The van der Waals surface area contributed by atoms with E-state index in [4.69, 9.17) is 5.73 Å². The summed E-state index contributed by atoms with van der Waals surface area (Å²) >= 11 is 0. The van der Waals surface area contributed by atoms with E-state index in [0.717, 1.165) is 24.5 Å². The van der Waals surface area contributed by atoms with Crippen LogP contribution in [0.15, 0.2) is 18.3 Å².